The first-order valence-electron chi connectivity index (χ1n) is 4.71. The Labute approximate surface area is 88.6 Å². The molecule has 1 rings (SSSR count). The van der Waals surface area contributed by atoms with Gasteiger partial charge in [-0.1, -0.05) is 19.1 Å². The Morgan fingerprint density at radius 2 is 2.43 bits per heavy atom. The third-order valence-electron chi connectivity index (χ3n) is 1.87. The minimum atomic E-state index is 0.0280. The van der Waals surface area contributed by atoms with E-state index in [0.717, 1.165) is 12.0 Å². The van der Waals surface area contributed by atoms with Crippen LogP contribution in [-0.4, -0.2) is 5.91 Å². The van der Waals surface area contributed by atoms with E-state index in [1.54, 1.807) is 11.3 Å². The van der Waals surface area contributed by atoms with Crippen molar-refractivity contribution in [3.05, 3.63) is 34.0 Å². The molecule has 0 aromatic carbocycles. The van der Waals surface area contributed by atoms with E-state index in [2.05, 4.69) is 5.32 Å². The van der Waals surface area contributed by atoms with Crippen molar-refractivity contribution < 1.29 is 4.79 Å². The Morgan fingerprint density at radius 3 is 3.00 bits per heavy atom. The van der Waals surface area contributed by atoms with Crippen LogP contribution in [-0.2, 0) is 11.3 Å². The van der Waals surface area contributed by atoms with Crippen LogP contribution < -0.4 is 5.32 Å². The fourth-order valence-corrected chi connectivity index (χ4v) is 1.76. The number of hydrogen-bond donors (Lipinski definition) is 1. The molecule has 1 N–H and O–H groups in total. The van der Waals surface area contributed by atoms with Crippen LogP contribution in [0.3, 0.4) is 0 Å². The summed E-state index contributed by atoms with van der Waals surface area (Å²) in [7, 11) is 0. The molecule has 1 heterocycles. The van der Waals surface area contributed by atoms with Gasteiger partial charge in [0.05, 0.1) is 6.54 Å². The zero-order valence-corrected chi connectivity index (χ0v) is 9.36. The molecule has 1 aromatic heterocycles. The molecular weight excluding hydrogens is 194 g/mol. The maximum absolute atomic E-state index is 11.5. The van der Waals surface area contributed by atoms with Crippen molar-refractivity contribution in [2.45, 2.75) is 26.8 Å². The van der Waals surface area contributed by atoms with Crippen LogP contribution in [0, 0.1) is 0 Å². The van der Waals surface area contributed by atoms with Gasteiger partial charge in [0.15, 0.2) is 0 Å². The van der Waals surface area contributed by atoms with Gasteiger partial charge in [-0.2, -0.15) is 0 Å². The second-order valence-electron chi connectivity index (χ2n) is 3.06. The summed E-state index contributed by atoms with van der Waals surface area (Å²) in [6.45, 7) is 4.49. The number of thiophene rings is 1. The summed E-state index contributed by atoms with van der Waals surface area (Å²) in [5, 5.41) is 4.88. The van der Waals surface area contributed by atoms with Crippen molar-refractivity contribution in [2.24, 2.45) is 0 Å². The van der Waals surface area contributed by atoms with Gasteiger partial charge in [-0.25, -0.2) is 0 Å². The van der Waals surface area contributed by atoms with Gasteiger partial charge in [0.25, 0.3) is 0 Å². The highest BCUT2D eigenvalue weighted by Crippen LogP contribution is 2.07. The Morgan fingerprint density at radius 1 is 1.64 bits per heavy atom. The summed E-state index contributed by atoms with van der Waals surface area (Å²) < 4.78 is 0. The lowest BCUT2D eigenvalue weighted by Crippen LogP contribution is -2.22. The molecule has 0 unspecified atom stereocenters. The van der Waals surface area contributed by atoms with E-state index in [0.29, 0.717) is 6.54 Å². The first-order valence-corrected chi connectivity index (χ1v) is 5.59. The van der Waals surface area contributed by atoms with E-state index < -0.39 is 0 Å². The third kappa shape index (κ3) is 3.34. The molecule has 0 aliphatic heterocycles. The summed E-state index contributed by atoms with van der Waals surface area (Å²) in [5.74, 6) is 0.0280. The highest BCUT2D eigenvalue weighted by atomic mass is 32.1. The number of carbonyl (C=O) groups is 1. The lowest BCUT2D eigenvalue weighted by molar-refractivity contribution is -0.117. The monoisotopic (exact) mass is 209 g/mol. The molecule has 1 amide bonds. The molecule has 0 atom stereocenters. The summed E-state index contributed by atoms with van der Waals surface area (Å²) in [5.41, 5.74) is 0.795. The van der Waals surface area contributed by atoms with Crippen LogP contribution in [0.4, 0.5) is 0 Å². The van der Waals surface area contributed by atoms with Crippen molar-refractivity contribution in [3.63, 3.8) is 0 Å². The molecule has 0 spiro atoms. The molecule has 0 saturated carbocycles. The molecule has 0 aliphatic rings. The lowest BCUT2D eigenvalue weighted by atomic mass is 10.2. The van der Waals surface area contributed by atoms with E-state index >= 15 is 0 Å². The quantitative estimate of drug-likeness (QED) is 0.759. The molecule has 1 aromatic rings. The Hall–Kier alpha value is -1.09. The number of nitrogens with one attached hydrogen (secondary N) is 1. The van der Waals surface area contributed by atoms with Crippen molar-refractivity contribution in [2.75, 3.05) is 0 Å². The predicted octanol–water partition coefficient (Wildman–Crippen LogP) is 2.72. The molecule has 3 heteroatoms. The van der Waals surface area contributed by atoms with Crippen LogP contribution >= 0.6 is 11.3 Å². The average molecular weight is 209 g/mol. The maximum Gasteiger partial charge on any atom is 0.246 e. The van der Waals surface area contributed by atoms with E-state index in [-0.39, 0.29) is 5.91 Å². The normalized spacial score (nSPS) is 11.4. The molecule has 14 heavy (non-hydrogen) atoms. The number of carbonyl (C=O) groups excluding carboxylic acids is 1. The van der Waals surface area contributed by atoms with Crippen molar-refractivity contribution in [1.29, 1.82) is 0 Å². The van der Waals surface area contributed by atoms with Crippen molar-refractivity contribution >= 4 is 17.2 Å². The largest absolute Gasteiger partial charge is 0.347 e. The van der Waals surface area contributed by atoms with E-state index in [4.69, 9.17) is 0 Å². The number of hydrogen-bond acceptors (Lipinski definition) is 2. The second kappa shape index (κ2) is 5.60. The average Bonchev–Trinajstić information content (AvgIpc) is 2.67. The molecule has 0 aliphatic carbocycles. The fourth-order valence-electron chi connectivity index (χ4n) is 1.12. The van der Waals surface area contributed by atoms with Gasteiger partial charge in [0.1, 0.15) is 0 Å². The molecule has 0 radical (unpaired) electrons. The summed E-state index contributed by atoms with van der Waals surface area (Å²) in [4.78, 5) is 12.6. The summed E-state index contributed by atoms with van der Waals surface area (Å²) in [6.07, 6.45) is 2.84. The third-order valence-corrected chi connectivity index (χ3v) is 2.75. The fraction of sp³-hybridized carbons (Fsp3) is 0.364. The lowest BCUT2D eigenvalue weighted by Gasteiger charge is -2.02. The van der Waals surface area contributed by atoms with Gasteiger partial charge in [0.2, 0.25) is 5.91 Å². The number of allylic oxidation sites excluding steroid dienone is 1. The van der Waals surface area contributed by atoms with Gasteiger partial charge in [0, 0.05) is 10.5 Å². The standard InChI is InChI=1S/C11H15NOS/c1-3-5-9(2)11(13)12-8-10-6-4-7-14-10/h4-7H,3,8H2,1-2H3,(H,12,13). The van der Waals surface area contributed by atoms with Gasteiger partial charge in [-0.05, 0) is 24.8 Å². The number of rotatable bonds is 4. The minimum Gasteiger partial charge on any atom is -0.347 e. The van der Waals surface area contributed by atoms with Crippen LogP contribution in [0.25, 0.3) is 0 Å². The maximum atomic E-state index is 11.5. The van der Waals surface area contributed by atoms with E-state index in [1.807, 2.05) is 37.4 Å². The Kier molecular flexibility index (Phi) is 4.40. The number of amides is 1. The highest BCUT2D eigenvalue weighted by Gasteiger charge is 2.02. The topological polar surface area (TPSA) is 29.1 Å². The van der Waals surface area contributed by atoms with Crippen molar-refractivity contribution in [3.8, 4) is 0 Å². The molecule has 0 saturated heterocycles. The second-order valence-corrected chi connectivity index (χ2v) is 4.09. The van der Waals surface area contributed by atoms with Gasteiger partial charge < -0.3 is 5.32 Å². The smallest absolute Gasteiger partial charge is 0.246 e. The van der Waals surface area contributed by atoms with Gasteiger partial charge >= 0.3 is 0 Å². The molecule has 0 bridgehead atoms. The molecular formula is C11H15NOS. The first-order chi connectivity index (χ1) is 6.74. The molecule has 76 valence electrons. The minimum absolute atomic E-state index is 0.0280. The first kappa shape index (κ1) is 11.0. The summed E-state index contributed by atoms with van der Waals surface area (Å²) in [6, 6.07) is 4.00. The van der Waals surface area contributed by atoms with Crippen LogP contribution in [0.2, 0.25) is 0 Å². The van der Waals surface area contributed by atoms with Gasteiger partial charge in [-0.3, -0.25) is 4.79 Å². The van der Waals surface area contributed by atoms with Crippen LogP contribution in [0.5, 0.6) is 0 Å². The van der Waals surface area contributed by atoms with Crippen LogP contribution in [0.15, 0.2) is 29.2 Å². The predicted molar refractivity (Wildman–Crippen MR) is 60.2 cm³/mol. The Bertz CT molecular complexity index is 314. The highest BCUT2D eigenvalue weighted by molar-refractivity contribution is 7.09. The van der Waals surface area contributed by atoms with E-state index in [1.165, 1.54) is 4.88 Å². The van der Waals surface area contributed by atoms with Crippen LogP contribution in [0.1, 0.15) is 25.1 Å². The SMILES string of the molecule is CCC=C(C)C(=O)NCc1cccs1. The van der Waals surface area contributed by atoms with Gasteiger partial charge in [-0.15, -0.1) is 11.3 Å². The van der Waals surface area contributed by atoms with E-state index in [9.17, 15) is 4.79 Å². The van der Waals surface area contributed by atoms with Crippen molar-refractivity contribution in [1.82, 2.24) is 5.32 Å². The molecule has 2 nitrogen and oxygen atoms in total. The zero-order chi connectivity index (χ0) is 10.4. The Balaban J connectivity index is 2.39. The zero-order valence-electron chi connectivity index (χ0n) is 8.54. The summed E-state index contributed by atoms with van der Waals surface area (Å²) >= 11 is 1.66. The molecule has 0 fully saturated rings.